The average Bonchev–Trinajstić information content (AvgIpc) is 2.59. The second-order valence-corrected chi connectivity index (χ2v) is 9.41. The third-order valence-corrected chi connectivity index (χ3v) is 6.55. The van der Waals surface area contributed by atoms with Gasteiger partial charge in [-0.05, 0) is 86.5 Å². The van der Waals surface area contributed by atoms with E-state index in [1.807, 2.05) is 27.7 Å². The molecule has 0 spiro atoms. The standard InChI is InChI=1S/C19H24BrClN4O3/c1-10-13-9-22-17(21)23-15(13)24(16(26)14(10)20)11-5-7-12(8-6-11)25(18(27)28)19(2,3)4/h9,11-12H,5-8H2,1-4H3,(H,27,28). The van der Waals surface area contributed by atoms with E-state index in [1.165, 1.54) is 4.90 Å². The van der Waals surface area contributed by atoms with Gasteiger partial charge in [-0.3, -0.25) is 9.36 Å². The first-order valence-corrected chi connectivity index (χ1v) is 10.4. The summed E-state index contributed by atoms with van der Waals surface area (Å²) >= 11 is 9.41. The molecule has 0 unspecified atom stereocenters. The van der Waals surface area contributed by atoms with Gasteiger partial charge in [-0.2, -0.15) is 4.98 Å². The Morgan fingerprint density at radius 3 is 2.46 bits per heavy atom. The Labute approximate surface area is 176 Å². The third-order valence-electron chi connectivity index (χ3n) is 5.43. The van der Waals surface area contributed by atoms with Crippen LogP contribution < -0.4 is 5.56 Å². The minimum absolute atomic E-state index is 0.0651. The number of aryl methyl sites for hydroxylation is 1. The Morgan fingerprint density at radius 2 is 1.93 bits per heavy atom. The number of hydrogen-bond acceptors (Lipinski definition) is 4. The molecule has 2 aromatic heterocycles. The maximum Gasteiger partial charge on any atom is 0.407 e. The maximum absolute atomic E-state index is 13.0. The highest BCUT2D eigenvalue weighted by Gasteiger charge is 2.36. The van der Waals surface area contributed by atoms with Crippen LogP contribution in [0.25, 0.3) is 11.0 Å². The molecule has 0 aliphatic heterocycles. The fraction of sp³-hybridized carbons (Fsp3) is 0.579. The minimum atomic E-state index is -0.906. The molecule has 7 nitrogen and oxygen atoms in total. The number of hydrogen-bond donors (Lipinski definition) is 1. The summed E-state index contributed by atoms with van der Waals surface area (Å²) in [6.07, 6.45) is 3.49. The molecule has 0 aromatic carbocycles. The van der Waals surface area contributed by atoms with Crippen LogP contribution >= 0.6 is 27.5 Å². The van der Waals surface area contributed by atoms with Crippen LogP contribution in [0.5, 0.6) is 0 Å². The van der Waals surface area contributed by atoms with E-state index in [0.717, 1.165) is 10.9 Å². The van der Waals surface area contributed by atoms with Gasteiger partial charge in [0.25, 0.3) is 5.56 Å². The first kappa shape index (κ1) is 21.0. The highest BCUT2D eigenvalue weighted by Crippen LogP contribution is 2.35. The molecule has 1 aliphatic rings. The van der Waals surface area contributed by atoms with Gasteiger partial charge in [-0.15, -0.1) is 0 Å². The second-order valence-electron chi connectivity index (χ2n) is 8.28. The summed E-state index contributed by atoms with van der Waals surface area (Å²) in [5, 5.41) is 10.5. The Balaban J connectivity index is 1.97. The lowest BCUT2D eigenvalue weighted by molar-refractivity contribution is 0.0512. The molecule has 2 aromatic rings. The third kappa shape index (κ3) is 3.76. The van der Waals surface area contributed by atoms with Crippen molar-refractivity contribution in [3.63, 3.8) is 0 Å². The molecule has 1 aliphatic carbocycles. The summed E-state index contributed by atoms with van der Waals surface area (Å²) in [4.78, 5) is 34.7. The van der Waals surface area contributed by atoms with E-state index >= 15 is 0 Å². The lowest BCUT2D eigenvalue weighted by atomic mass is 9.87. The van der Waals surface area contributed by atoms with E-state index in [4.69, 9.17) is 11.6 Å². The summed E-state index contributed by atoms with van der Waals surface area (Å²) in [5.41, 5.74) is 0.695. The van der Waals surface area contributed by atoms with E-state index in [-0.39, 0.29) is 22.9 Å². The number of nitrogens with zero attached hydrogens (tertiary/aromatic N) is 4. The van der Waals surface area contributed by atoms with E-state index in [2.05, 4.69) is 25.9 Å². The zero-order chi connectivity index (χ0) is 20.8. The molecule has 0 saturated heterocycles. The van der Waals surface area contributed by atoms with Crippen LogP contribution in [0.1, 0.15) is 58.1 Å². The van der Waals surface area contributed by atoms with Gasteiger partial charge >= 0.3 is 6.09 Å². The largest absolute Gasteiger partial charge is 0.465 e. The molecule has 2 heterocycles. The van der Waals surface area contributed by atoms with Crippen molar-refractivity contribution in [3.05, 3.63) is 31.9 Å². The maximum atomic E-state index is 13.0. The van der Waals surface area contributed by atoms with Crippen LogP contribution in [0, 0.1) is 6.92 Å². The quantitative estimate of drug-likeness (QED) is 0.637. The number of amides is 1. The summed E-state index contributed by atoms with van der Waals surface area (Å²) in [5.74, 6) is 0. The van der Waals surface area contributed by atoms with Crippen molar-refractivity contribution in [1.29, 1.82) is 0 Å². The molecule has 3 rings (SSSR count). The predicted octanol–water partition coefficient (Wildman–Crippen LogP) is 4.78. The van der Waals surface area contributed by atoms with E-state index in [0.29, 0.717) is 35.8 Å². The molecular weight excluding hydrogens is 448 g/mol. The van der Waals surface area contributed by atoms with Gasteiger partial charge in [0.15, 0.2) is 0 Å². The molecule has 28 heavy (non-hydrogen) atoms. The Kier molecular flexibility index (Phi) is 5.74. The highest BCUT2D eigenvalue weighted by atomic mass is 79.9. The lowest BCUT2D eigenvalue weighted by Gasteiger charge is -2.43. The van der Waals surface area contributed by atoms with Gasteiger partial charge in [0.05, 0.1) is 4.47 Å². The average molecular weight is 472 g/mol. The van der Waals surface area contributed by atoms with Crippen molar-refractivity contribution in [1.82, 2.24) is 19.4 Å². The van der Waals surface area contributed by atoms with Crippen molar-refractivity contribution < 1.29 is 9.90 Å². The molecular formula is C19H24BrClN4O3. The Bertz CT molecular complexity index is 978. The van der Waals surface area contributed by atoms with Crippen LogP contribution in [0.4, 0.5) is 4.79 Å². The van der Waals surface area contributed by atoms with Crippen molar-refractivity contribution in [2.24, 2.45) is 0 Å². The highest BCUT2D eigenvalue weighted by molar-refractivity contribution is 9.10. The Hall–Kier alpha value is -1.67. The van der Waals surface area contributed by atoms with Crippen LogP contribution in [0.2, 0.25) is 5.28 Å². The summed E-state index contributed by atoms with van der Waals surface area (Å²) in [6, 6.07) is -0.132. The molecule has 152 valence electrons. The zero-order valence-corrected chi connectivity index (χ0v) is 18.7. The Morgan fingerprint density at radius 1 is 1.32 bits per heavy atom. The second kappa shape index (κ2) is 7.63. The predicted molar refractivity (Wildman–Crippen MR) is 112 cm³/mol. The van der Waals surface area contributed by atoms with E-state index < -0.39 is 11.6 Å². The zero-order valence-electron chi connectivity index (χ0n) is 16.4. The number of fused-ring (bicyclic) bond motifs is 1. The number of aromatic nitrogens is 3. The lowest BCUT2D eigenvalue weighted by Crippen LogP contribution is -2.52. The number of carbonyl (C=O) groups is 1. The van der Waals surface area contributed by atoms with Crippen molar-refractivity contribution in [3.8, 4) is 0 Å². The van der Waals surface area contributed by atoms with Crippen LogP contribution in [-0.2, 0) is 0 Å². The van der Waals surface area contributed by atoms with Gasteiger partial charge in [0.2, 0.25) is 5.28 Å². The molecule has 0 radical (unpaired) electrons. The minimum Gasteiger partial charge on any atom is -0.465 e. The number of carboxylic acid groups (broad SMARTS) is 1. The fourth-order valence-corrected chi connectivity index (χ4v) is 4.72. The summed E-state index contributed by atoms with van der Waals surface area (Å²) in [6.45, 7) is 7.56. The first-order chi connectivity index (χ1) is 13.0. The van der Waals surface area contributed by atoms with Crippen molar-refractivity contribution >= 4 is 44.7 Å². The molecule has 1 N–H and O–H groups in total. The van der Waals surface area contributed by atoms with Gasteiger partial charge in [0.1, 0.15) is 5.65 Å². The van der Waals surface area contributed by atoms with Crippen LogP contribution in [0.3, 0.4) is 0 Å². The van der Waals surface area contributed by atoms with Crippen LogP contribution in [-0.4, -0.2) is 42.2 Å². The topological polar surface area (TPSA) is 88.3 Å². The van der Waals surface area contributed by atoms with E-state index in [9.17, 15) is 14.7 Å². The fourth-order valence-electron chi connectivity index (χ4n) is 4.18. The van der Waals surface area contributed by atoms with E-state index in [1.54, 1.807) is 10.8 Å². The monoisotopic (exact) mass is 470 g/mol. The van der Waals surface area contributed by atoms with Gasteiger partial charge in [-0.25, -0.2) is 9.78 Å². The van der Waals surface area contributed by atoms with Gasteiger partial charge in [0, 0.05) is 29.2 Å². The molecule has 9 heteroatoms. The molecule has 0 bridgehead atoms. The van der Waals surface area contributed by atoms with Crippen molar-refractivity contribution in [2.45, 2.75) is 71.0 Å². The smallest absolute Gasteiger partial charge is 0.407 e. The SMILES string of the molecule is Cc1c(Br)c(=O)n(C2CCC(N(C(=O)O)C(C)(C)C)CC2)c2nc(Cl)ncc12. The van der Waals surface area contributed by atoms with Gasteiger partial charge in [-0.1, -0.05) is 0 Å². The summed E-state index contributed by atoms with van der Waals surface area (Å²) in [7, 11) is 0. The first-order valence-electron chi connectivity index (χ1n) is 9.27. The molecule has 1 amide bonds. The molecule has 1 saturated carbocycles. The number of rotatable bonds is 2. The molecule has 0 atom stereocenters. The summed E-state index contributed by atoms with van der Waals surface area (Å²) < 4.78 is 2.19. The molecule has 1 fully saturated rings. The van der Waals surface area contributed by atoms with Crippen molar-refractivity contribution in [2.75, 3.05) is 0 Å². The number of halogens is 2. The van der Waals surface area contributed by atoms with Crippen LogP contribution in [0.15, 0.2) is 15.5 Å². The normalized spacial score (nSPS) is 20.4. The van der Waals surface area contributed by atoms with Gasteiger partial charge < -0.3 is 10.0 Å². The number of pyridine rings is 1.